The fourth-order valence-electron chi connectivity index (χ4n) is 3.07. The molecule has 0 radical (unpaired) electrons. The van der Waals surface area contributed by atoms with E-state index in [2.05, 4.69) is 37.1 Å². The molecule has 3 nitrogen and oxygen atoms in total. The summed E-state index contributed by atoms with van der Waals surface area (Å²) in [5.74, 6) is 1.75. The normalized spacial score (nSPS) is 21.3. The van der Waals surface area contributed by atoms with Gasteiger partial charge in [0.2, 0.25) is 0 Å². The van der Waals surface area contributed by atoms with Crippen LogP contribution in [0.15, 0.2) is 0 Å². The molecule has 110 valence electrons. The molecule has 0 saturated carbocycles. The van der Waals surface area contributed by atoms with Crippen molar-refractivity contribution in [2.75, 3.05) is 26.2 Å². The summed E-state index contributed by atoms with van der Waals surface area (Å²) in [5.41, 5.74) is -0.342. The minimum absolute atomic E-state index is 0.342. The molecular formula is C16H31N3. The van der Waals surface area contributed by atoms with E-state index in [1.807, 2.05) is 6.92 Å². The van der Waals surface area contributed by atoms with Gasteiger partial charge in [0.15, 0.2) is 0 Å². The van der Waals surface area contributed by atoms with Crippen molar-refractivity contribution in [2.45, 2.75) is 58.9 Å². The highest BCUT2D eigenvalue weighted by Crippen LogP contribution is 2.24. The number of hydrogen-bond acceptors (Lipinski definition) is 3. The average molecular weight is 265 g/mol. The predicted molar refractivity (Wildman–Crippen MR) is 80.9 cm³/mol. The molecule has 0 spiro atoms. The monoisotopic (exact) mass is 265 g/mol. The molecule has 19 heavy (non-hydrogen) atoms. The van der Waals surface area contributed by atoms with Gasteiger partial charge in [-0.2, -0.15) is 5.26 Å². The minimum Gasteiger partial charge on any atom is -0.303 e. The molecule has 1 rings (SSSR count). The largest absolute Gasteiger partial charge is 0.303 e. The Hall–Kier alpha value is -0.590. The van der Waals surface area contributed by atoms with Crippen LogP contribution in [0.25, 0.3) is 0 Å². The van der Waals surface area contributed by atoms with Crippen molar-refractivity contribution in [2.24, 2.45) is 11.8 Å². The molecule has 0 aromatic carbocycles. The van der Waals surface area contributed by atoms with E-state index in [1.165, 1.54) is 25.9 Å². The lowest BCUT2D eigenvalue weighted by Crippen LogP contribution is -2.42. The number of piperidine rings is 1. The van der Waals surface area contributed by atoms with Crippen LogP contribution in [0.4, 0.5) is 0 Å². The van der Waals surface area contributed by atoms with Crippen LogP contribution in [-0.2, 0) is 0 Å². The molecule has 1 N–H and O–H groups in total. The smallest absolute Gasteiger partial charge is 0.103 e. The number of rotatable bonds is 7. The highest BCUT2D eigenvalue weighted by molar-refractivity contribution is 5.03. The molecule has 1 fully saturated rings. The molecule has 3 heteroatoms. The van der Waals surface area contributed by atoms with E-state index in [0.29, 0.717) is 0 Å². The van der Waals surface area contributed by atoms with Gasteiger partial charge in [0.05, 0.1) is 6.07 Å². The molecule has 1 aliphatic rings. The van der Waals surface area contributed by atoms with E-state index >= 15 is 0 Å². The Bertz CT molecular complexity index is 287. The maximum Gasteiger partial charge on any atom is 0.103 e. The number of nitrogens with zero attached hydrogens (tertiary/aromatic N) is 2. The van der Waals surface area contributed by atoms with E-state index < -0.39 is 0 Å². The average Bonchev–Trinajstić information content (AvgIpc) is 2.39. The van der Waals surface area contributed by atoms with Crippen LogP contribution in [-0.4, -0.2) is 36.6 Å². The van der Waals surface area contributed by atoms with Gasteiger partial charge in [0, 0.05) is 0 Å². The Morgan fingerprint density at radius 2 is 2.00 bits per heavy atom. The van der Waals surface area contributed by atoms with Gasteiger partial charge in [-0.15, -0.1) is 0 Å². The second-order valence-corrected chi connectivity index (χ2v) is 6.50. The maximum atomic E-state index is 9.22. The fourth-order valence-corrected chi connectivity index (χ4v) is 3.07. The molecule has 1 aliphatic heterocycles. The van der Waals surface area contributed by atoms with Gasteiger partial charge in [0.25, 0.3) is 0 Å². The third-order valence-electron chi connectivity index (χ3n) is 4.54. The van der Waals surface area contributed by atoms with Crippen molar-refractivity contribution in [3.63, 3.8) is 0 Å². The zero-order chi connectivity index (χ0) is 14.3. The summed E-state index contributed by atoms with van der Waals surface area (Å²) in [7, 11) is 0. The molecule has 1 unspecified atom stereocenters. The zero-order valence-electron chi connectivity index (χ0n) is 13.2. The van der Waals surface area contributed by atoms with Crippen LogP contribution in [0.5, 0.6) is 0 Å². The van der Waals surface area contributed by atoms with Crippen LogP contribution >= 0.6 is 0 Å². The topological polar surface area (TPSA) is 39.1 Å². The quantitative estimate of drug-likeness (QED) is 0.769. The molecule has 0 aromatic rings. The summed E-state index contributed by atoms with van der Waals surface area (Å²) in [6.45, 7) is 13.3. The van der Waals surface area contributed by atoms with Crippen LogP contribution in [0.2, 0.25) is 0 Å². The zero-order valence-corrected chi connectivity index (χ0v) is 13.2. The van der Waals surface area contributed by atoms with Crippen LogP contribution < -0.4 is 5.32 Å². The SMILES string of the molecule is CCNC(C)(C#N)CCCN1CCC(C(C)C)CC1. The predicted octanol–water partition coefficient (Wildman–Crippen LogP) is 3.03. The summed E-state index contributed by atoms with van der Waals surface area (Å²) in [4.78, 5) is 2.57. The minimum atomic E-state index is -0.342. The lowest BCUT2D eigenvalue weighted by molar-refractivity contribution is 0.153. The summed E-state index contributed by atoms with van der Waals surface area (Å²) < 4.78 is 0. The Balaban J connectivity index is 2.22. The lowest BCUT2D eigenvalue weighted by atomic mass is 9.86. The van der Waals surface area contributed by atoms with Crippen LogP contribution in [0.1, 0.15) is 53.4 Å². The summed E-state index contributed by atoms with van der Waals surface area (Å²) in [6.07, 6.45) is 4.76. The molecule has 1 atom stereocenters. The molecular weight excluding hydrogens is 234 g/mol. The molecule has 1 heterocycles. The van der Waals surface area contributed by atoms with Crippen LogP contribution in [0, 0.1) is 23.2 Å². The third kappa shape index (κ3) is 5.50. The second kappa shape index (κ2) is 7.87. The summed E-state index contributed by atoms with van der Waals surface area (Å²) in [6, 6.07) is 2.41. The van der Waals surface area contributed by atoms with Crippen molar-refractivity contribution in [3.05, 3.63) is 0 Å². The van der Waals surface area contributed by atoms with E-state index in [-0.39, 0.29) is 5.54 Å². The first-order valence-corrected chi connectivity index (χ1v) is 7.89. The number of likely N-dealkylation sites (tertiary alicyclic amines) is 1. The van der Waals surface area contributed by atoms with Crippen molar-refractivity contribution in [1.82, 2.24) is 10.2 Å². The van der Waals surface area contributed by atoms with Gasteiger partial charge in [-0.3, -0.25) is 5.32 Å². The van der Waals surface area contributed by atoms with Crippen molar-refractivity contribution in [3.8, 4) is 6.07 Å². The van der Waals surface area contributed by atoms with Gasteiger partial charge < -0.3 is 4.90 Å². The van der Waals surface area contributed by atoms with Crippen molar-refractivity contribution in [1.29, 1.82) is 5.26 Å². The van der Waals surface area contributed by atoms with Gasteiger partial charge in [-0.25, -0.2) is 0 Å². The Labute approximate surface area is 119 Å². The van der Waals surface area contributed by atoms with E-state index in [9.17, 15) is 5.26 Å². The molecule has 1 saturated heterocycles. The van der Waals surface area contributed by atoms with Crippen molar-refractivity contribution >= 4 is 0 Å². The summed E-state index contributed by atoms with van der Waals surface area (Å²) >= 11 is 0. The van der Waals surface area contributed by atoms with Gasteiger partial charge in [0.1, 0.15) is 5.54 Å². The van der Waals surface area contributed by atoms with E-state index in [1.54, 1.807) is 0 Å². The molecule has 0 aromatic heterocycles. The third-order valence-corrected chi connectivity index (χ3v) is 4.54. The van der Waals surface area contributed by atoms with Crippen molar-refractivity contribution < 1.29 is 0 Å². The fraction of sp³-hybridized carbons (Fsp3) is 0.938. The Morgan fingerprint density at radius 1 is 1.37 bits per heavy atom. The standard InChI is InChI=1S/C16H31N3/c1-5-18-16(4,13-17)9-6-10-19-11-7-15(8-12-19)14(2)3/h14-15,18H,5-12H2,1-4H3. The first-order valence-electron chi connectivity index (χ1n) is 7.89. The van der Waals surface area contributed by atoms with E-state index in [0.717, 1.165) is 37.8 Å². The lowest BCUT2D eigenvalue weighted by Gasteiger charge is -2.34. The second-order valence-electron chi connectivity index (χ2n) is 6.50. The first kappa shape index (κ1) is 16.5. The van der Waals surface area contributed by atoms with Gasteiger partial charge in [-0.1, -0.05) is 20.8 Å². The molecule has 0 amide bonds. The number of nitrogens with one attached hydrogen (secondary N) is 1. The van der Waals surface area contributed by atoms with Crippen LogP contribution in [0.3, 0.4) is 0 Å². The first-order chi connectivity index (χ1) is 9.00. The molecule has 0 bridgehead atoms. The summed E-state index contributed by atoms with van der Waals surface area (Å²) in [5, 5.41) is 12.5. The van der Waals surface area contributed by atoms with E-state index in [4.69, 9.17) is 0 Å². The number of nitriles is 1. The number of hydrogen-bond donors (Lipinski definition) is 1. The maximum absolute atomic E-state index is 9.22. The van der Waals surface area contributed by atoms with Gasteiger partial charge in [-0.05, 0) is 70.6 Å². The van der Waals surface area contributed by atoms with Gasteiger partial charge >= 0.3 is 0 Å². The molecule has 0 aliphatic carbocycles. The highest BCUT2D eigenvalue weighted by Gasteiger charge is 2.24. The Kier molecular flexibility index (Phi) is 6.82. The Morgan fingerprint density at radius 3 is 2.47 bits per heavy atom. The highest BCUT2D eigenvalue weighted by atomic mass is 15.1.